The summed E-state index contributed by atoms with van der Waals surface area (Å²) in [5.41, 5.74) is 1.45. The van der Waals surface area contributed by atoms with Crippen molar-refractivity contribution < 1.29 is 0 Å². The van der Waals surface area contributed by atoms with Crippen LogP contribution in [0, 0.1) is 5.92 Å². The first kappa shape index (κ1) is 14.4. The van der Waals surface area contributed by atoms with Crippen LogP contribution in [-0.2, 0) is 6.42 Å². The fraction of sp³-hybridized carbons (Fsp3) is 0.588. The summed E-state index contributed by atoms with van der Waals surface area (Å²) in [7, 11) is 2.11. The number of nitrogens with zero attached hydrogens (tertiary/aromatic N) is 3. The molecule has 1 saturated heterocycles. The predicted molar refractivity (Wildman–Crippen MR) is 87.6 cm³/mol. The van der Waals surface area contributed by atoms with Crippen molar-refractivity contribution in [2.75, 3.05) is 46.3 Å². The number of guanidine groups is 1. The third kappa shape index (κ3) is 3.97. The van der Waals surface area contributed by atoms with Crippen LogP contribution in [0.3, 0.4) is 0 Å². The maximum Gasteiger partial charge on any atom is 0.193 e. The predicted octanol–water partition coefficient (Wildman–Crippen LogP) is 1.44. The number of hydrogen-bond donors (Lipinski definition) is 1. The van der Waals surface area contributed by atoms with E-state index in [1.165, 1.54) is 31.6 Å². The molecule has 2 aliphatic heterocycles. The number of aliphatic imine (C=N–C) groups is 1. The number of likely N-dealkylation sites (tertiary alicyclic amines) is 1. The molecule has 0 aromatic heterocycles. The van der Waals surface area contributed by atoms with Gasteiger partial charge in [0.25, 0.3) is 0 Å². The van der Waals surface area contributed by atoms with Gasteiger partial charge in [-0.1, -0.05) is 30.3 Å². The van der Waals surface area contributed by atoms with E-state index < -0.39 is 0 Å². The van der Waals surface area contributed by atoms with Crippen molar-refractivity contribution in [3.8, 4) is 0 Å². The standard InChI is InChI=1S/C17H26N4/c1-20-12-9-18-17(20)19-13-16-8-11-21(14-16)10-7-15-5-3-2-4-6-15/h2-6,16H,7-14H2,1H3,(H,18,19). The van der Waals surface area contributed by atoms with Gasteiger partial charge in [0.1, 0.15) is 0 Å². The molecule has 0 aliphatic carbocycles. The Hall–Kier alpha value is -1.55. The summed E-state index contributed by atoms with van der Waals surface area (Å²) in [4.78, 5) is 9.30. The van der Waals surface area contributed by atoms with Gasteiger partial charge in [0, 0.05) is 33.2 Å². The van der Waals surface area contributed by atoms with Crippen molar-refractivity contribution in [1.82, 2.24) is 15.1 Å². The topological polar surface area (TPSA) is 30.9 Å². The molecule has 4 nitrogen and oxygen atoms in total. The zero-order valence-electron chi connectivity index (χ0n) is 13.0. The van der Waals surface area contributed by atoms with Crippen molar-refractivity contribution >= 4 is 5.96 Å². The molecule has 0 spiro atoms. The van der Waals surface area contributed by atoms with E-state index in [-0.39, 0.29) is 0 Å². The van der Waals surface area contributed by atoms with E-state index in [1.54, 1.807) is 0 Å². The molecule has 2 aliphatic rings. The van der Waals surface area contributed by atoms with E-state index in [4.69, 9.17) is 0 Å². The number of benzene rings is 1. The summed E-state index contributed by atoms with van der Waals surface area (Å²) in [5.74, 6) is 1.84. The van der Waals surface area contributed by atoms with E-state index in [0.29, 0.717) is 0 Å². The summed E-state index contributed by atoms with van der Waals surface area (Å²) in [5, 5.41) is 3.52. The van der Waals surface area contributed by atoms with Gasteiger partial charge >= 0.3 is 0 Å². The maximum absolute atomic E-state index is 4.49. The first-order valence-corrected chi connectivity index (χ1v) is 8.07. The summed E-state index contributed by atoms with van der Waals surface area (Å²) < 4.78 is 0. The summed E-state index contributed by atoms with van der Waals surface area (Å²) >= 11 is 0. The molecule has 0 radical (unpaired) electrons. The summed E-state index contributed by atoms with van der Waals surface area (Å²) in [6, 6.07) is 10.8. The highest BCUT2D eigenvalue weighted by Gasteiger charge is 2.23. The first-order chi connectivity index (χ1) is 10.3. The molecular weight excluding hydrogens is 260 g/mol. The lowest BCUT2D eigenvalue weighted by molar-refractivity contribution is 0.327. The second kappa shape index (κ2) is 6.94. The van der Waals surface area contributed by atoms with Gasteiger partial charge in [-0.25, -0.2) is 0 Å². The van der Waals surface area contributed by atoms with Gasteiger partial charge < -0.3 is 15.1 Å². The van der Waals surface area contributed by atoms with Crippen LogP contribution in [0.4, 0.5) is 0 Å². The quantitative estimate of drug-likeness (QED) is 0.888. The van der Waals surface area contributed by atoms with Gasteiger partial charge in [-0.3, -0.25) is 4.99 Å². The van der Waals surface area contributed by atoms with Crippen LogP contribution in [0.25, 0.3) is 0 Å². The molecule has 3 rings (SSSR count). The zero-order valence-corrected chi connectivity index (χ0v) is 13.0. The van der Waals surface area contributed by atoms with Crippen molar-refractivity contribution in [2.45, 2.75) is 12.8 Å². The van der Waals surface area contributed by atoms with Crippen molar-refractivity contribution in [3.63, 3.8) is 0 Å². The third-order valence-corrected chi connectivity index (χ3v) is 4.54. The van der Waals surface area contributed by atoms with Crippen LogP contribution in [0.5, 0.6) is 0 Å². The normalized spacial score (nSPS) is 22.6. The van der Waals surface area contributed by atoms with Crippen LogP contribution < -0.4 is 5.32 Å². The molecule has 0 saturated carbocycles. The lowest BCUT2D eigenvalue weighted by Gasteiger charge is -2.19. The molecule has 1 fully saturated rings. The summed E-state index contributed by atoms with van der Waals surface area (Å²) in [6.45, 7) is 6.69. The van der Waals surface area contributed by atoms with Crippen LogP contribution in [0.15, 0.2) is 35.3 Å². The van der Waals surface area contributed by atoms with Crippen LogP contribution in [0.1, 0.15) is 12.0 Å². The third-order valence-electron chi connectivity index (χ3n) is 4.54. The Morgan fingerprint density at radius 1 is 1.24 bits per heavy atom. The molecule has 114 valence electrons. The fourth-order valence-corrected chi connectivity index (χ4v) is 3.17. The second-order valence-corrected chi connectivity index (χ2v) is 6.20. The number of likely N-dealkylation sites (N-methyl/N-ethyl adjacent to an activating group) is 1. The van der Waals surface area contributed by atoms with E-state index in [9.17, 15) is 0 Å². The Morgan fingerprint density at radius 2 is 2.10 bits per heavy atom. The van der Waals surface area contributed by atoms with E-state index in [2.05, 4.69) is 57.5 Å². The lowest BCUT2D eigenvalue weighted by atomic mass is 10.1. The van der Waals surface area contributed by atoms with Crippen LogP contribution in [0.2, 0.25) is 0 Å². The Morgan fingerprint density at radius 3 is 2.86 bits per heavy atom. The molecule has 1 atom stereocenters. The molecule has 1 aromatic carbocycles. The Labute approximate surface area is 127 Å². The highest BCUT2D eigenvalue weighted by molar-refractivity contribution is 5.81. The highest BCUT2D eigenvalue weighted by atomic mass is 15.3. The van der Waals surface area contributed by atoms with Crippen molar-refractivity contribution in [2.24, 2.45) is 10.9 Å². The number of hydrogen-bond acceptors (Lipinski definition) is 4. The molecule has 1 unspecified atom stereocenters. The monoisotopic (exact) mass is 286 g/mol. The van der Waals surface area contributed by atoms with Crippen molar-refractivity contribution in [1.29, 1.82) is 0 Å². The Balaban J connectivity index is 1.37. The lowest BCUT2D eigenvalue weighted by Crippen LogP contribution is -2.38. The minimum atomic E-state index is 0.762. The molecule has 1 N–H and O–H groups in total. The molecule has 21 heavy (non-hydrogen) atoms. The van der Waals surface area contributed by atoms with Gasteiger partial charge in [-0.2, -0.15) is 0 Å². The molecule has 4 heteroatoms. The van der Waals surface area contributed by atoms with Crippen LogP contribution in [-0.4, -0.2) is 62.1 Å². The number of nitrogens with one attached hydrogen (secondary N) is 1. The Kier molecular flexibility index (Phi) is 4.76. The molecular formula is C17H26N4. The maximum atomic E-state index is 4.49. The van der Waals surface area contributed by atoms with Gasteiger partial charge in [-0.15, -0.1) is 0 Å². The zero-order chi connectivity index (χ0) is 14.5. The fourth-order valence-electron chi connectivity index (χ4n) is 3.17. The van der Waals surface area contributed by atoms with Gasteiger partial charge in [0.2, 0.25) is 0 Å². The second-order valence-electron chi connectivity index (χ2n) is 6.20. The largest absolute Gasteiger partial charge is 0.356 e. The van der Waals surface area contributed by atoms with Crippen LogP contribution >= 0.6 is 0 Å². The average Bonchev–Trinajstić information content (AvgIpc) is 3.13. The number of rotatable bonds is 5. The molecule has 0 amide bonds. The minimum absolute atomic E-state index is 0.762. The Bertz CT molecular complexity index is 471. The molecule has 0 bridgehead atoms. The van der Waals surface area contributed by atoms with Gasteiger partial charge in [0.15, 0.2) is 5.96 Å². The van der Waals surface area contributed by atoms with Crippen molar-refractivity contribution in [3.05, 3.63) is 35.9 Å². The average molecular weight is 286 g/mol. The van der Waals surface area contributed by atoms with E-state index >= 15 is 0 Å². The molecule has 1 aromatic rings. The van der Waals surface area contributed by atoms with E-state index in [0.717, 1.165) is 37.9 Å². The smallest absolute Gasteiger partial charge is 0.193 e. The SMILES string of the molecule is CN1CCN=C1NCC1CCN(CCc2ccccc2)C1. The van der Waals surface area contributed by atoms with E-state index in [1.807, 2.05) is 0 Å². The van der Waals surface area contributed by atoms with Gasteiger partial charge in [-0.05, 0) is 30.9 Å². The molecule has 2 heterocycles. The minimum Gasteiger partial charge on any atom is -0.356 e. The first-order valence-electron chi connectivity index (χ1n) is 8.07. The summed E-state index contributed by atoms with van der Waals surface area (Å²) in [6.07, 6.45) is 2.47. The highest BCUT2D eigenvalue weighted by Crippen LogP contribution is 2.16. The van der Waals surface area contributed by atoms with Gasteiger partial charge in [0.05, 0.1) is 6.54 Å².